The molecule has 2 unspecified atom stereocenters. The molecule has 0 aromatic heterocycles. The average molecular weight is 322 g/mol. The van der Waals surface area contributed by atoms with E-state index in [0.29, 0.717) is 12.1 Å². The van der Waals surface area contributed by atoms with Gasteiger partial charge in [0.1, 0.15) is 0 Å². The number of benzene rings is 1. The zero-order valence-electron chi connectivity index (χ0n) is 13.5. The first-order valence-electron chi connectivity index (χ1n) is 8.15. The molecule has 0 N–H and O–H groups in total. The molecule has 3 nitrogen and oxygen atoms in total. The first-order valence-corrected chi connectivity index (χ1v) is 8.53. The van der Waals surface area contributed by atoms with Crippen molar-refractivity contribution in [2.75, 3.05) is 7.05 Å². The van der Waals surface area contributed by atoms with Crippen molar-refractivity contribution in [3.63, 3.8) is 0 Å². The third-order valence-electron chi connectivity index (χ3n) is 5.19. The summed E-state index contributed by atoms with van der Waals surface area (Å²) in [6.07, 6.45) is 3.22. The normalized spacial score (nSPS) is 31.5. The molecule has 2 bridgehead atoms. The maximum Gasteiger partial charge on any atom is 0.311 e. The van der Waals surface area contributed by atoms with E-state index in [-0.39, 0.29) is 23.9 Å². The third kappa shape index (κ3) is 2.89. The highest BCUT2D eigenvalue weighted by atomic mass is 35.5. The monoisotopic (exact) mass is 321 g/mol. The van der Waals surface area contributed by atoms with E-state index < -0.39 is 0 Å². The number of carbonyl (C=O) groups is 1. The SMILES string of the molecule is CC(C)OC(=O)C1C2CC[C@H](C[C@@H]1c1ccc(Cl)cc1)N2C. The van der Waals surface area contributed by atoms with E-state index in [2.05, 4.69) is 24.1 Å². The summed E-state index contributed by atoms with van der Waals surface area (Å²) >= 11 is 6.01. The molecule has 4 atom stereocenters. The van der Waals surface area contributed by atoms with E-state index in [1.165, 1.54) is 12.0 Å². The Hall–Kier alpha value is -1.06. The number of fused-ring (bicyclic) bond motifs is 2. The van der Waals surface area contributed by atoms with Gasteiger partial charge in [0.15, 0.2) is 0 Å². The van der Waals surface area contributed by atoms with Crippen LogP contribution in [-0.4, -0.2) is 36.1 Å². The van der Waals surface area contributed by atoms with Crippen molar-refractivity contribution in [2.45, 2.75) is 57.2 Å². The molecule has 0 amide bonds. The first-order chi connectivity index (χ1) is 10.5. The summed E-state index contributed by atoms with van der Waals surface area (Å²) < 4.78 is 5.57. The van der Waals surface area contributed by atoms with Crippen molar-refractivity contribution in [3.8, 4) is 0 Å². The third-order valence-corrected chi connectivity index (χ3v) is 5.44. The molecule has 2 aliphatic rings. The quantitative estimate of drug-likeness (QED) is 0.792. The predicted molar refractivity (Wildman–Crippen MR) is 88.1 cm³/mol. The number of hydrogen-bond donors (Lipinski definition) is 0. The average Bonchev–Trinajstić information content (AvgIpc) is 2.71. The molecule has 0 spiro atoms. The minimum absolute atomic E-state index is 0.0489. The minimum atomic E-state index is -0.0766. The maximum absolute atomic E-state index is 12.7. The van der Waals surface area contributed by atoms with Gasteiger partial charge in [0.2, 0.25) is 0 Å². The van der Waals surface area contributed by atoms with Crippen LogP contribution >= 0.6 is 11.6 Å². The molecule has 0 aliphatic carbocycles. The number of piperidine rings is 1. The van der Waals surface area contributed by atoms with E-state index >= 15 is 0 Å². The number of ether oxygens (including phenoxy) is 1. The Bertz CT molecular complexity index is 543. The summed E-state index contributed by atoms with van der Waals surface area (Å²) in [5.74, 6) is 0.108. The van der Waals surface area contributed by atoms with Crippen molar-refractivity contribution < 1.29 is 9.53 Å². The van der Waals surface area contributed by atoms with Crippen LogP contribution in [0.15, 0.2) is 24.3 Å². The van der Waals surface area contributed by atoms with Gasteiger partial charge in [-0.25, -0.2) is 0 Å². The van der Waals surface area contributed by atoms with E-state index in [1.807, 2.05) is 26.0 Å². The molecular formula is C18H24ClNO2. The Kier molecular flexibility index (Phi) is 4.47. The van der Waals surface area contributed by atoms with Crippen molar-refractivity contribution in [1.82, 2.24) is 4.90 Å². The lowest BCUT2D eigenvalue weighted by atomic mass is 9.76. The maximum atomic E-state index is 12.7. The molecule has 2 saturated heterocycles. The van der Waals surface area contributed by atoms with Gasteiger partial charge in [-0.1, -0.05) is 23.7 Å². The van der Waals surface area contributed by atoms with Crippen LogP contribution in [0.25, 0.3) is 0 Å². The van der Waals surface area contributed by atoms with Gasteiger partial charge >= 0.3 is 5.97 Å². The molecule has 0 radical (unpaired) electrons. The minimum Gasteiger partial charge on any atom is -0.463 e. The van der Waals surface area contributed by atoms with E-state index in [4.69, 9.17) is 16.3 Å². The lowest BCUT2D eigenvalue weighted by molar-refractivity contribution is -0.157. The topological polar surface area (TPSA) is 29.5 Å². The van der Waals surface area contributed by atoms with Crippen molar-refractivity contribution in [2.24, 2.45) is 5.92 Å². The van der Waals surface area contributed by atoms with Crippen molar-refractivity contribution in [1.29, 1.82) is 0 Å². The molecule has 120 valence electrons. The number of carbonyl (C=O) groups excluding carboxylic acids is 1. The second-order valence-electron chi connectivity index (χ2n) is 6.87. The summed E-state index contributed by atoms with van der Waals surface area (Å²) in [7, 11) is 2.15. The Labute approximate surface area is 137 Å². The zero-order chi connectivity index (χ0) is 15.9. The highest BCUT2D eigenvalue weighted by Crippen LogP contribution is 2.46. The molecule has 3 rings (SSSR count). The van der Waals surface area contributed by atoms with Crippen LogP contribution in [0, 0.1) is 5.92 Å². The molecule has 22 heavy (non-hydrogen) atoms. The number of hydrogen-bond acceptors (Lipinski definition) is 3. The van der Waals surface area contributed by atoms with Gasteiger partial charge in [0, 0.05) is 23.0 Å². The van der Waals surface area contributed by atoms with Gasteiger partial charge in [0.25, 0.3) is 0 Å². The van der Waals surface area contributed by atoms with Gasteiger partial charge in [-0.15, -0.1) is 0 Å². The predicted octanol–water partition coefficient (Wildman–Crippen LogP) is 3.86. The van der Waals surface area contributed by atoms with Gasteiger partial charge in [-0.05, 0) is 57.9 Å². The number of nitrogens with zero attached hydrogens (tertiary/aromatic N) is 1. The second kappa shape index (κ2) is 6.21. The van der Waals surface area contributed by atoms with Crippen LogP contribution in [0.3, 0.4) is 0 Å². The summed E-state index contributed by atoms with van der Waals surface area (Å²) in [4.78, 5) is 15.1. The highest BCUT2D eigenvalue weighted by molar-refractivity contribution is 6.30. The Morgan fingerprint density at radius 2 is 1.95 bits per heavy atom. The van der Waals surface area contributed by atoms with Crippen LogP contribution in [0.2, 0.25) is 5.02 Å². The zero-order valence-corrected chi connectivity index (χ0v) is 14.2. The molecule has 2 heterocycles. The number of halogens is 1. The van der Waals surface area contributed by atoms with E-state index in [1.54, 1.807) is 0 Å². The van der Waals surface area contributed by atoms with Crippen LogP contribution in [0.5, 0.6) is 0 Å². The molecule has 2 aliphatic heterocycles. The van der Waals surface area contributed by atoms with Crippen LogP contribution < -0.4 is 0 Å². The lowest BCUT2D eigenvalue weighted by Crippen LogP contribution is -2.49. The lowest BCUT2D eigenvalue weighted by Gasteiger charge is -2.42. The summed E-state index contributed by atoms with van der Waals surface area (Å²) in [5.41, 5.74) is 1.21. The molecule has 0 saturated carbocycles. The van der Waals surface area contributed by atoms with Crippen molar-refractivity contribution in [3.05, 3.63) is 34.9 Å². The molecule has 1 aromatic rings. The van der Waals surface area contributed by atoms with Gasteiger partial charge in [-0.2, -0.15) is 0 Å². The van der Waals surface area contributed by atoms with E-state index in [9.17, 15) is 4.79 Å². The molecule has 1 aromatic carbocycles. The van der Waals surface area contributed by atoms with Crippen molar-refractivity contribution >= 4 is 17.6 Å². The fourth-order valence-electron chi connectivity index (χ4n) is 4.15. The molecular weight excluding hydrogens is 298 g/mol. The van der Waals surface area contributed by atoms with Crippen LogP contribution in [-0.2, 0) is 9.53 Å². The molecule has 2 fully saturated rings. The van der Waals surface area contributed by atoms with Crippen LogP contribution in [0.4, 0.5) is 0 Å². The Morgan fingerprint density at radius 1 is 1.27 bits per heavy atom. The standard InChI is InChI=1S/C18H24ClNO2/c1-11(2)22-18(21)17-15(12-4-6-13(19)7-5-12)10-14-8-9-16(17)20(14)3/h4-7,11,14-17H,8-10H2,1-3H3/t14-,15-,16?,17?/m1/s1. The smallest absolute Gasteiger partial charge is 0.311 e. The molecule has 4 heteroatoms. The summed E-state index contributed by atoms with van der Waals surface area (Å²) in [6, 6.07) is 8.84. The highest BCUT2D eigenvalue weighted by Gasteiger charge is 2.49. The van der Waals surface area contributed by atoms with Gasteiger partial charge < -0.3 is 4.74 Å². The van der Waals surface area contributed by atoms with Gasteiger partial charge in [-0.3, -0.25) is 9.69 Å². The second-order valence-corrected chi connectivity index (χ2v) is 7.31. The Morgan fingerprint density at radius 3 is 2.59 bits per heavy atom. The number of esters is 1. The number of rotatable bonds is 3. The Balaban J connectivity index is 1.91. The fourth-order valence-corrected chi connectivity index (χ4v) is 4.28. The summed E-state index contributed by atoms with van der Waals surface area (Å²) in [6.45, 7) is 3.83. The first kappa shape index (κ1) is 15.8. The van der Waals surface area contributed by atoms with Crippen LogP contribution in [0.1, 0.15) is 44.6 Å². The van der Waals surface area contributed by atoms with Gasteiger partial charge in [0.05, 0.1) is 12.0 Å². The largest absolute Gasteiger partial charge is 0.463 e. The summed E-state index contributed by atoms with van der Waals surface area (Å²) in [5, 5.41) is 0.737. The fraction of sp³-hybridized carbons (Fsp3) is 0.611. The van der Waals surface area contributed by atoms with E-state index in [0.717, 1.165) is 17.9 Å².